The summed E-state index contributed by atoms with van der Waals surface area (Å²) in [6.45, 7) is -2.07. The summed E-state index contributed by atoms with van der Waals surface area (Å²) in [4.78, 5) is 23.8. The molecule has 0 saturated heterocycles. The van der Waals surface area contributed by atoms with Crippen LogP contribution in [0.2, 0.25) is 0 Å². The van der Waals surface area contributed by atoms with Crippen molar-refractivity contribution in [2.45, 2.75) is 12.7 Å². The maximum absolute atomic E-state index is 12.0. The number of methoxy groups -OCH3 is 2. The van der Waals surface area contributed by atoms with Crippen LogP contribution in [0.1, 0.15) is 0 Å². The maximum Gasteiger partial charge on any atom is 0.405 e. The minimum Gasteiger partial charge on any atom is -0.493 e. The highest BCUT2D eigenvalue weighted by Gasteiger charge is 2.28. The molecule has 1 heterocycles. The minimum absolute atomic E-state index is 0.172. The van der Waals surface area contributed by atoms with Gasteiger partial charge in [-0.2, -0.15) is 18.0 Å². The molecular formula is C14H15F3N6O4. The van der Waals surface area contributed by atoms with Crippen molar-refractivity contribution in [3.63, 3.8) is 0 Å². The third-order valence-electron chi connectivity index (χ3n) is 3.08. The molecule has 0 aliphatic rings. The molecule has 1 aromatic heterocycles. The van der Waals surface area contributed by atoms with Gasteiger partial charge in [0, 0.05) is 5.56 Å². The third-order valence-corrected chi connectivity index (χ3v) is 3.08. The number of nitrogens with zero attached hydrogens (tertiary/aromatic N) is 4. The fraction of sp³-hybridized carbons (Fsp3) is 0.357. The molecule has 0 unspecified atom stereocenters. The van der Waals surface area contributed by atoms with Gasteiger partial charge >= 0.3 is 12.2 Å². The predicted octanol–water partition coefficient (Wildman–Crippen LogP) is 0.745. The monoisotopic (exact) mass is 388 g/mol. The lowest BCUT2D eigenvalue weighted by Crippen LogP contribution is -2.44. The topological polar surface area (TPSA) is 120 Å². The van der Waals surface area contributed by atoms with Crippen LogP contribution in [-0.2, 0) is 11.3 Å². The molecule has 2 N–H and O–H groups in total. The number of carbonyl (C=O) groups excluding carboxylic acids is 2. The summed E-state index contributed by atoms with van der Waals surface area (Å²) < 4.78 is 46.2. The smallest absolute Gasteiger partial charge is 0.405 e. The van der Waals surface area contributed by atoms with E-state index < -0.39 is 31.2 Å². The van der Waals surface area contributed by atoms with Gasteiger partial charge in [0.25, 0.3) is 5.91 Å². The zero-order valence-corrected chi connectivity index (χ0v) is 14.2. The van der Waals surface area contributed by atoms with Gasteiger partial charge in [0.05, 0.1) is 14.2 Å². The van der Waals surface area contributed by atoms with E-state index in [0.717, 1.165) is 4.80 Å². The first kappa shape index (κ1) is 19.9. The summed E-state index contributed by atoms with van der Waals surface area (Å²) in [6, 6.07) is 3.60. The SMILES string of the molecule is COc1ccc(-c2nnn(CC(=O)NC(=O)NCC(F)(F)F)n2)cc1OC. The van der Waals surface area contributed by atoms with Crippen LogP contribution in [0.25, 0.3) is 11.4 Å². The highest BCUT2D eigenvalue weighted by molar-refractivity contribution is 5.94. The quantitative estimate of drug-likeness (QED) is 0.749. The van der Waals surface area contributed by atoms with Crippen LogP contribution in [0.4, 0.5) is 18.0 Å². The van der Waals surface area contributed by atoms with Gasteiger partial charge in [0.2, 0.25) is 5.82 Å². The molecule has 0 saturated carbocycles. The third kappa shape index (κ3) is 5.83. The zero-order chi connectivity index (χ0) is 20.0. The predicted molar refractivity (Wildman–Crippen MR) is 84.0 cm³/mol. The standard InChI is InChI=1S/C14H15F3N6O4/c1-26-9-4-3-8(5-10(9)27-2)12-20-22-23(21-12)6-11(24)19-13(25)18-7-14(15,16)17/h3-5H,6-7H2,1-2H3,(H2,18,19,24,25). The second-order valence-corrected chi connectivity index (χ2v) is 5.06. The van der Waals surface area contributed by atoms with Crippen LogP contribution in [-0.4, -0.2) is 59.1 Å². The summed E-state index contributed by atoms with van der Waals surface area (Å²) in [5, 5.41) is 14.6. The number of hydrogen-bond acceptors (Lipinski definition) is 7. The summed E-state index contributed by atoms with van der Waals surface area (Å²) in [5.74, 6) is 0.194. The van der Waals surface area contributed by atoms with E-state index in [2.05, 4.69) is 15.4 Å². The molecule has 0 aliphatic heterocycles. The van der Waals surface area contributed by atoms with Crippen LogP contribution < -0.4 is 20.1 Å². The Balaban J connectivity index is 1.97. The lowest BCUT2D eigenvalue weighted by molar-refractivity contribution is -0.125. The van der Waals surface area contributed by atoms with E-state index >= 15 is 0 Å². The molecule has 146 valence electrons. The normalized spacial score (nSPS) is 11.0. The van der Waals surface area contributed by atoms with Crippen LogP contribution in [0.15, 0.2) is 18.2 Å². The number of benzene rings is 1. The molecule has 0 aliphatic carbocycles. The number of rotatable bonds is 6. The molecule has 27 heavy (non-hydrogen) atoms. The molecule has 0 spiro atoms. The summed E-state index contributed by atoms with van der Waals surface area (Å²) in [7, 11) is 2.94. The van der Waals surface area contributed by atoms with Gasteiger partial charge in [-0.25, -0.2) is 4.79 Å². The van der Waals surface area contributed by atoms with Crippen molar-refractivity contribution in [3.05, 3.63) is 18.2 Å². The van der Waals surface area contributed by atoms with Gasteiger partial charge < -0.3 is 14.8 Å². The molecule has 3 amide bonds. The van der Waals surface area contributed by atoms with E-state index in [4.69, 9.17) is 9.47 Å². The van der Waals surface area contributed by atoms with Crippen molar-refractivity contribution in [1.29, 1.82) is 0 Å². The first-order valence-corrected chi connectivity index (χ1v) is 7.36. The summed E-state index contributed by atoms with van der Waals surface area (Å²) in [5.41, 5.74) is 0.530. The van der Waals surface area contributed by atoms with Gasteiger partial charge in [0.1, 0.15) is 13.1 Å². The highest BCUT2D eigenvalue weighted by Crippen LogP contribution is 2.30. The lowest BCUT2D eigenvalue weighted by Gasteiger charge is -2.08. The van der Waals surface area contributed by atoms with Crippen molar-refractivity contribution < 1.29 is 32.2 Å². The Morgan fingerprint density at radius 1 is 1.19 bits per heavy atom. The van der Waals surface area contributed by atoms with Crippen molar-refractivity contribution in [2.24, 2.45) is 0 Å². The maximum atomic E-state index is 12.0. The number of ether oxygens (including phenoxy) is 2. The Morgan fingerprint density at radius 2 is 1.89 bits per heavy atom. The van der Waals surface area contributed by atoms with Gasteiger partial charge in [-0.1, -0.05) is 0 Å². The molecule has 13 heteroatoms. The molecular weight excluding hydrogens is 373 g/mol. The number of nitrogens with one attached hydrogen (secondary N) is 2. The molecule has 0 atom stereocenters. The van der Waals surface area contributed by atoms with Crippen LogP contribution in [0, 0.1) is 0 Å². The van der Waals surface area contributed by atoms with E-state index in [1.165, 1.54) is 19.5 Å². The van der Waals surface area contributed by atoms with Crippen molar-refractivity contribution in [1.82, 2.24) is 30.8 Å². The first-order valence-electron chi connectivity index (χ1n) is 7.36. The second-order valence-electron chi connectivity index (χ2n) is 5.06. The summed E-state index contributed by atoms with van der Waals surface area (Å²) in [6.07, 6.45) is -4.58. The van der Waals surface area contributed by atoms with E-state index in [9.17, 15) is 22.8 Å². The number of hydrogen-bond donors (Lipinski definition) is 2. The molecule has 10 nitrogen and oxygen atoms in total. The Morgan fingerprint density at radius 3 is 2.52 bits per heavy atom. The number of halogens is 3. The first-order chi connectivity index (χ1) is 12.7. The second kappa shape index (κ2) is 8.33. The Bertz CT molecular complexity index is 823. The average molecular weight is 388 g/mol. The Kier molecular flexibility index (Phi) is 6.15. The van der Waals surface area contributed by atoms with Crippen LogP contribution in [0.3, 0.4) is 0 Å². The van der Waals surface area contributed by atoms with Crippen LogP contribution in [0.5, 0.6) is 11.5 Å². The van der Waals surface area contributed by atoms with Gasteiger partial charge in [-0.3, -0.25) is 10.1 Å². The largest absolute Gasteiger partial charge is 0.493 e. The molecule has 0 fully saturated rings. The number of alkyl halides is 3. The van der Waals surface area contributed by atoms with Gasteiger partial charge in [-0.15, -0.1) is 10.2 Å². The van der Waals surface area contributed by atoms with Crippen LogP contribution >= 0.6 is 0 Å². The van der Waals surface area contributed by atoms with Crippen molar-refractivity contribution in [2.75, 3.05) is 20.8 Å². The Labute approximate surface area is 150 Å². The lowest BCUT2D eigenvalue weighted by atomic mass is 10.2. The van der Waals surface area contributed by atoms with Gasteiger partial charge in [-0.05, 0) is 23.4 Å². The number of tetrazole rings is 1. The molecule has 0 radical (unpaired) electrons. The number of carbonyl (C=O) groups is 2. The van der Waals surface area contributed by atoms with E-state index in [1.807, 2.05) is 0 Å². The number of amides is 3. The molecule has 1 aromatic carbocycles. The Hall–Kier alpha value is -3.38. The molecule has 2 aromatic rings. The number of aromatic nitrogens is 4. The fourth-order valence-corrected chi connectivity index (χ4v) is 1.92. The fourth-order valence-electron chi connectivity index (χ4n) is 1.92. The summed E-state index contributed by atoms with van der Waals surface area (Å²) >= 11 is 0. The number of imide groups is 1. The van der Waals surface area contributed by atoms with Crippen molar-refractivity contribution >= 4 is 11.9 Å². The molecule has 2 rings (SSSR count). The minimum atomic E-state index is -4.58. The number of urea groups is 1. The van der Waals surface area contributed by atoms with Crippen molar-refractivity contribution in [3.8, 4) is 22.9 Å². The van der Waals surface area contributed by atoms with E-state index in [1.54, 1.807) is 23.5 Å². The average Bonchev–Trinajstić information content (AvgIpc) is 3.07. The molecule has 0 bridgehead atoms. The van der Waals surface area contributed by atoms with E-state index in [0.29, 0.717) is 17.1 Å². The van der Waals surface area contributed by atoms with E-state index in [-0.39, 0.29) is 5.82 Å². The zero-order valence-electron chi connectivity index (χ0n) is 14.2. The highest BCUT2D eigenvalue weighted by atomic mass is 19.4. The van der Waals surface area contributed by atoms with Gasteiger partial charge in [0.15, 0.2) is 11.5 Å².